The third-order valence-corrected chi connectivity index (χ3v) is 3.74. The molecule has 0 saturated carbocycles. The van der Waals surface area contributed by atoms with Crippen LogP contribution in [0.15, 0.2) is 54.6 Å². The van der Waals surface area contributed by atoms with Crippen molar-refractivity contribution >= 4 is 28.4 Å². The van der Waals surface area contributed by atoms with Gasteiger partial charge < -0.3 is 5.32 Å². The predicted molar refractivity (Wildman–Crippen MR) is 94.8 cm³/mol. The van der Waals surface area contributed by atoms with Crippen molar-refractivity contribution in [2.24, 2.45) is 0 Å². The zero-order valence-electron chi connectivity index (χ0n) is 13.0. The summed E-state index contributed by atoms with van der Waals surface area (Å²) in [6, 6.07) is 17.0. The molecule has 1 heterocycles. The lowest BCUT2D eigenvalue weighted by Gasteiger charge is -2.12. The van der Waals surface area contributed by atoms with Crippen molar-refractivity contribution in [1.29, 1.82) is 0 Å². The van der Waals surface area contributed by atoms with E-state index in [0.717, 1.165) is 22.2 Å². The van der Waals surface area contributed by atoms with E-state index in [9.17, 15) is 4.79 Å². The molecule has 0 saturated heterocycles. The van der Waals surface area contributed by atoms with Gasteiger partial charge in [0.1, 0.15) is 0 Å². The molecule has 0 bridgehead atoms. The summed E-state index contributed by atoms with van der Waals surface area (Å²) in [5.41, 5.74) is 3.04. The maximum Gasteiger partial charge on any atom is 0.252 e. The van der Waals surface area contributed by atoms with Gasteiger partial charge in [-0.2, -0.15) is 0 Å². The Balaban J connectivity index is 2.19. The molecule has 0 atom stereocenters. The molecule has 0 aliphatic heterocycles. The summed E-state index contributed by atoms with van der Waals surface area (Å²) < 4.78 is 0. The van der Waals surface area contributed by atoms with E-state index in [2.05, 4.69) is 10.3 Å². The normalized spacial score (nSPS) is 11.0. The van der Waals surface area contributed by atoms with Crippen LogP contribution in [-0.2, 0) is 0 Å². The first-order valence-corrected chi connectivity index (χ1v) is 7.89. The fraction of sp³-hybridized carbons (Fsp3) is 0.158. The number of nitrogens with one attached hydrogen (secondary N) is 1. The van der Waals surface area contributed by atoms with Crippen molar-refractivity contribution in [3.8, 4) is 11.3 Å². The largest absolute Gasteiger partial charge is 0.350 e. The Morgan fingerprint density at radius 2 is 1.87 bits per heavy atom. The van der Waals surface area contributed by atoms with Gasteiger partial charge in [0, 0.05) is 22.0 Å². The molecule has 1 aromatic heterocycles. The maximum atomic E-state index is 12.6. The van der Waals surface area contributed by atoms with E-state index in [0.29, 0.717) is 10.6 Å². The van der Waals surface area contributed by atoms with Crippen LogP contribution in [0, 0.1) is 0 Å². The Morgan fingerprint density at radius 1 is 1.09 bits per heavy atom. The Morgan fingerprint density at radius 3 is 2.61 bits per heavy atom. The Labute approximate surface area is 140 Å². The zero-order valence-corrected chi connectivity index (χ0v) is 13.8. The van der Waals surface area contributed by atoms with Crippen molar-refractivity contribution in [1.82, 2.24) is 10.3 Å². The van der Waals surface area contributed by atoms with Crippen molar-refractivity contribution in [2.45, 2.75) is 19.9 Å². The van der Waals surface area contributed by atoms with Crippen LogP contribution in [0.5, 0.6) is 0 Å². The summed E-state index contributed by atoms with van der Waals surface area (Å²) >= 11 is 6.08. The first-order chi connectivity index (χ1) is 11.0. The molecule has 0 radical (unpaired) electrons. The smallest absolute Gasteiger partial charge is 0.252 e. The summed E-state index contributed by atoms with van der Waals surface area (Å²) in [7, 11) is 0. The Kier molecular flexibility index (Phi) is 4.30. The minimum Gasteiger partial charge on any atom is -0.350 e. The second-order valence-electron chi connectivity index (χ2n) is 5.71. The van der Waals surface area contributed by atoms with E-state index in [4.69, 9.17) is 11.6 Å². The highest BCUT2D eigenvalue weighted by molar-refractivity contribution is 6.30. The van der Waals surface area contributed by atoms with Crippen molar-refractivity contribution in [3.05, 3.63) is 65.2 Å². The third-order valence-electron chi connectivity index (χ3n) is 3.50. The predicted octanol–water partition coefficient (Wildman–Crippen LogP) is 4.69. The number of halogens is 1. The summed E-state index contributed by atoms with van der Waals surface area (Å²) in [4.78, 5) is 17.2. The number of fused-ring (bicyclic) bond motifs is 1. The number of hydrogen-bond donors (Lipinski definition) is 1. The lowest BCUT2D eigenvalue weighted by Crippen LogP contribution is -2.30. The van der Waals surface area contributed by atoms with Crippen LogP contribution in [0.2, 0.25) is 5.02 Å². The second kappa shape index (κ2) is 6.39. The number of carbonyl (C=O) groups excluding carboxylic acids is 1. The highest BCUT2D eigenvalue weighted by atomic mass is 35.5. The van der Waals surface area contributed by atoms with Gasteiger partial charge in [-0.3, -0.25) is 4.79 Å². The number of benzene rings is 2. The summed E-state index contributed by atoms with van der Waals surface area (Å²) in [5, 5.41) is 4.44. The summed E-state index contributed by atoms with van der Waals surface area (Å²) in [6.45, 7) is 3.89. The van der Waals surface area contributed by atoms with Gasteiger partial charge in [-0.1, -0.05) is 41.9 Å². The molecular weight excluding hydrogens is 308 g/mol. The molecule has 1 N–H and O–H groups in total. The van der Waals surface area contributed by atoms with Crippen LogP contribution < -0.4 is 5.32 Å². The van der Waals surface area contributed by atoms with Crippen LogP contribution in [-0.4, -0.2) is 16.9 Å². The lowest BCUT2D eigenvalue weighted by atomic mass is 10.0. The van der Waals surface area contributed by atoms with Crippen LogP contribution in [0.1, 0.15) is 24.2 Å². The molecule has 0 aliphatic carbocycles. The van der Waals surface area contributed by atoms with Gasteiger partial charge in [0.05, 0.1) is 16.8 Å². The highest BCUT2D eigenvalue weighted by Crippen LogP contribution is 2.26. The molecule has 116 valence electrons. The minimum atomic E-state index is -0.0955. The second-order valence-corrected chi connectivity index (χ2v) is 6.15. The molecule has 23 heavy (non-hydrogen) atoms. The molecule has 4 heteroatoms. The standard InChI is InChI=1S/C19H17ClN2O/c1-12(2)21-19(23)16-11-18(13-6-5-7-14(20)10-13)22-17-9-4-3-8-15(16)17/h3-12H,1-2H3,(H,21,23). The Bertz CT molecular complexity index is 874. The number of carbonyl (C=O) groups is 1. The highest BCUT2D eigenvalue weighted by Gasteiger charge is 2.14. The number of para-hydroxylation sites is 1. The molecule has 0 fully saturated rings. The maximum absolute atomic E-state index is 12.6. The molecule has 3 aromatic rings. The topological polar surface area (TPSA) is 42.0 Å². The van der Waals surface area contributed by atoms with Crippen LogP contribution in [0.25, 0.3) is 22.2 Å². The van der Waals surface area contributed by atoms with E-state index < -0.39 is 0 Å². The molecule has 0 spiro atoms. The number of nitrogens with zero attached hydrogens (tertiary/aromatic N) is 1. The molecule has 1 amide bonds. The minimum absolute atomic E-state index is 0.0732. The van der Waals surface area contributed by atoms with Crippen LogP contribution >= 0.6 is 11.6 Å². The molecule has 0 aliphatic rings. The van der Waals surface area contributed by atoms with E-state index in [-0.39, 0.29) is 11.9 Å². The SMILES string of the molecule is CC(C)NC(=O)c1cc(-c2cccc(Cl)c2)nc2ccccc12. The number of pyridine rings is 1. The summed E-state index contributed by atoms with van der Waals surface area (Å²) in [5.74, 6) is -0.0955. The van der Waals surface area contributed by atoms with E-state index in [1.807, 2.05) is 68.4 Å². The van der Waals surface area contributed by atoms with E-state index in [1.54, 1.807) is 0 Å². The number of aromatic nitrogens is 1. The van der Waals surface area contributed by atoms with Gasteiger partial charge in [0.2, 0.25) is 0 Å². The summed E-state index contributed by atoms with van der Waals surface area (Å²) in [6.07, 6.45) is 0. The van der Waals surface area contributed by atoms with Crippen LogP contribution in [0.4, 0.5) is 0 Å². The van der Waals surface area contributed by atoms with Crippen molar-refractivity contribution in [2.75, 3.05) is 0 Å². The first-order valence-electron chi connectivity index (χ1n) is 7.51. The first kappa shape index (κ1) is 15.5. The average molecular weight is 325 g/mol. The number of amides is 1. The van der Waals surface area contributed by atoms with Gasteiger partial charge in [0.15, 0.2) is 0 Å². The number of hydrogen-bond acceptors (Lipinski definition) is 2. The van der Waals surface area contributed by atoms with Gasteiger partial charge in [0.25, 0.3) is 5.91 Å². The molecular formula is C19H17ClN2O. The quantitative estimate of drug-likeness (QED) is 0.759. The zero-order chi connectivity index (χ0) is 16.4. The average Bonchev–Trinajstić information content (AvgIpc) is 2.53. The van der Waals surface area contributed by atoms with E-state index in [1.165, 1.54) is 0 Å². The van der Waals surface area contributed by atoms with Crippen LogP contribution in [0.3, 0.4) is 0 Å². The monoisotopic (exact) mass is 324 g/mol. The van der Waals surface area contributed by atoms with Gasteiger partial charge >= 0.3 is 0 Å². The molecule has 0 unspecified atom stereocenters. The third kappa shape index (κ3) is 3.35. The van der Waals surface area contributed by atoms with Gasteiger partial charge in [-0.25, -0.2) is 4.98 Å². The van der Waals surface area contributed by atoms with Gasteiger partial charge in [-0.15, -0.1) is 0 Å². The van der Waals surface area contributed by atoms with E-state index >= 15 is 0 Å². The Hall–Kier alpha value is -2.39. The lowest BCUT2D eigenvalue weighted by molar-refractivity contribution is 0.0945. The molecule has 3 rings (SSSR count). The van der Waals surface area contributed by atoms with Crippen molar-refractivity contribution < 1.29 is 4.79 Å². The van der Waals surface area contributed by atoms with Gasteiger partial charge in [-0.05, 0) is 38.1 Å². The number of rotatable bonds is 3. The molecule has 3 nitrogen and oxygen atoms in total. The molecule has 2 aromatic carbocycles. The fourth-order valence-electron chi connectivity index (χ4n) is 2.50. The fourth-order valence-corrected chi connectivity index (χ4v) is 2.69. The van der Waals surface area contributed by atoms with Crippen molar-refractivity contribution in [3.63, 3.8) is 0 Å².